The fourth-order valence-corrected chi connectivity index (χ4v) is 5.92. The Morgan fingerprint density at radius 1 is 1.18 bits per heavy atom. The molecule has 0 saturated carbocycles. The molecule has 4 N–H and O–H groups in total. The highest BCUT2D eigenvalue weighted by Crippen LogP contribution is 2.50. The second-order valence-corrected chi connectivity index (χ2v) is 8.90. The van der Waals surface area contributed by atoms with Crippen molar-refractivity contribution in [2.75, 3.05) is 12.3 Å². The summed E-state index contributed by atoms with van der Waals surface area (Å²) in [6, 6.07) is 8.04. The summed E-state index contributed by atoms with van der Waals surface area (Å²) >= 11 is 3.16. The van der Waals surface area contributed by atoms with Crippen LogP contribution in [0.25, 0.3) is 11.2 Å². The van der Waals surface area contributed by atoms with E-state index in [0.29, 0.717) is 11.2 Å². The maximum atomic E-state index is 10.7. The van der Waals surface area contributed by atoms with E-state index in [4.69, 9.17) is 15.2 Å². The first-order chi connectivity index (χ1) is 13.7. The minimum absolute atomic E-state index is 0.241. The van der Waals surface area contributed by atoms with E-state index in [1.54, 1.807) is 28.1 Å². The molecule has 3 aromatic rings. The number of hydrogen-bond acceptors (Lipinski definition) is 10. The third-order valence-corrected chi connectivity index (χ3v) is 7.25. The van der Waals surface area contributed by atoms with Gasteiger partial charge in [0.25, 0.3) is 0 Å². The van der Waals surface area contributed by atoms with Crippen molar-refractivity contribution < 1.29 is 19.7 Å². The lowest BCUT2D eigenvalue weighted by Gasteiger charge is -2.24. The second kappa shape index (κ2) is 7.17. The quantitative estimate of drug-likeness (QED) is 0.568. The average Bonchev–Trinajstić information content (AvgIpc) is 3.38. The van der Waals surface area contributed by atoms with Crippen molar-refractivity contribution in [3.05, 3.63) is 36.9 Å². The molecule has 0 spiro atoms. The number of thioether (sulfide) groups is 2. The van der Waals surface area contributed by atoms with Gasteiger partial charge in [-0.3, -0.25) is 4.57 Å². The van der Waals surface area contributed by atoms with E-state index in [9.17, 15) is 10.2 Å². The number of fused-ring (bicyclic) bond motifs is 2. The van der Waals surface area contributed by atoms with Crippen LogP contribution >= 0.6 is 23.5 Å². The number of anilines is 1. The Morgan fingerprint density at radius 2 is 1.93 bits per heavy atom. The Kier molecular flexibility index (Phi) is 4.65. The predicted molar refractivity (Wildman–Crippen MR) is 104 cm³/mol. The average molecular weight is 419 g/mol. The summed E-state index contributed by atoms with van der Waals surface area (Å²) < 4.78 is 13.5. The molecule has 0 amide bonds. The minimum Gasteiger partial charge on any atom is -0.394 e. The van der Waals surface area contributed by atoms with Crippen LogP contribution in [0.2, 0.25) is 0 Å². The summed E-state index contributed by atoms with van der Waals surface area (Å²) in [6.45, 7) is -0.327. The number of aliphatic hydroxyl groups is 2. The molecule has 4 heterocycles. The van der Waals surface area contributed by atoms with Crippen molar-refractivity contribution in [3.8, 4) is 0 Å². The Balaban J connectivity index is 1.45. The predicted octanol–water partition coefficient (Wildman–Crippen LogP) is 1.23. The first kappa shape index (κ1) is 18.2. The van der Waals surface area contributed by atoms with E-state index in [0.717, 1.165) is 9.79 Å². The first-order valence-electron chi connectivity index (χ1n) is 8.61. The van der Waals surface area contributed by atoms with Crippen LogP contribution < -0.4 is 5.73 Å². The Labute approximate surface area is 168 Å². The highest BCUT2D eigenvalue weighted by atomic mass is 32.2. The largest absolute Gasteiger partial charge is 0.394 e. The van der Waals surface area contributed by atoms with E-state index in [1.807, 2.05) is 24.3 Å². The van der Waals surface area contributed by atoms with Gasteiger partial charge in [0, 0.05) is 9.79 Å². The third kappa shape index (κ3) is 2.95. The van der Waals surface area contributed by atoms with Gasteiger partial charge >= 0.3 is 0 Å². The van der Waals surface area contributed by atoms with Gasteiger partial charge in [0.05, 0.1) is 12.9 Å². The van der Waals surface area contributed by atoms with E-state index in [2.05, 4.69) is 15.0 Å². The highest BCUT2D eigenvalue weighted by Gasteiger charge is 2.47. The van der Waals surface area contributed by atoms with Crippen LogP contribution in [-0.4, -0.2) is 59.4 Å². The van der Waals surface area contributed by atoms with Gasteiger partial charge < -0.3 is 25.4 Å². The van der Waals surface area contributed by atoms with Crippen LogP contribution in [0.1, 0.15) is 6.23 Å². The maximum Gasteiger partial charge on any atom is 0.167 e. The normalized spacial score (nSPS) is 27.5. The Hall–Kier alpha value is -1.89. The van der Waals surface area contributed by atoms with Gasteiger partial charge in [0.2, 0.25) is 0 Å². The summed E-state index contributed by atoms with van der Waals surface area (Å²) in [5.41, 5.74) is 6.80. The molecule has 146 valence electrons. The summed E-state index contributed by atoms with van der Waals surface area (Å²) in [6.07, 6.45) is -0.323. The van der Waals surface area contributed by atoms with Crippen molar-refractivity contribution in [2.45, 2.75) is 39.1 Å². The molecule has 11 heteroatoms. The smallest absolute Gasteiger partial charge is 0.167 e. The molecule has 4 atom stereocenters. The van der Waals surface area contributed by atoms with E-state index in [1.165, 1.54) is 12.7 Å². The van der Waals surface area contributed by atoms with Crippen molar-refractivity contribution in [2.24, 2.45) is 0 Å². The number of nitrogen functional groups attached to an aromatic ring is 1. The summed E-state index contributed by atoms with van der Waals surface area (Å²) in [5.74, 6) is 0.260. The molecule has 0 radical (unpaired) electrons. The van der Waals surface area contributed by atoms with Gasteiger partial charge in [-0.25, -0.2) is 15.0 Å². The van der Waals surface area contributed by atoms with Crippen molar-refractivity contribution in [3.63, 3.8) is 0 Å². The molecule has 28 heavy (non-hydrogen) atoms. The van der Waals surface area contributed by atoms with Crippen LogP contribution in [0.3, 0.4) is 0 Å². The van der Waals surface area contributed by atoms with Gasteiger partial charge in [-0.1, -0.05) is 35.7 Å². The van der Waals surface area contributed by atoms with Crippen LogP contribution in [0.15, 0.2) is 46.7 Å². The fraction of sp³-hybridized carbons (Fsp3) is 0.353. The number of rotatable bonds is 4. The lowest BCUT2D eigenvalue weighted by molar-refractivity contribution is -0.0646. The number of hydrogen-bond donors (Lipinski definition) is 3. The molecule has 0 unspecified atom stereocenters. The molecule has 2 aliphatic heterocycles. The summed E-state index contributed by atoms with van der Waals surface area (Å²) in [4.78, 5) is 14.7. The molecule has 1 saturated heterocycles. The molecule has 5 rings (SSSR count). The molecule has 0 aliphatic carbocycles. The SMILES string of the molecule is Nc1ncnc2c1ncn2[C@@H]1O[C@H](CO)[C@@H](O)[C@H]1OC1Sc2ccccc2S1. The monoisotopic (exact) mass is 419 g/mol. The zero-order valence-electron chi connectivity index (χ0n) is 14.5. The number of nitrogens with zero attached hydrogens (tertiary/aromatic N) is 4. The number of ether oxygens (including phenoxy) is 2. The number of benzene rings is 1. The number of imidazole rings is 1. The molecule has 0 bridgehead atoms. The number of nitrogens with two attached hydrogens (primary N) is 1. The molecular weight excluding hydrogens is 402 g/mol. The first-order valence-corrected chi connectivity index (χ1v) is 10.4. The van der Waals surface area contributed by atoms with Crippen LogP contribution in [-0.2, 0) is 9.47 Å². The van der Waals surface area contributed by atoms with Crippen molar-refractivity contribution in [1.29, 1.82) is 0 Å². The molecule has 1 fully saturated rings. The maximum absolute atomic E-state index is 10.7. The van der Waals surface area contributed by atoms with Gasteiger partial charge in [-0.05, 0) is 12.1 Å². The third-order valence-electron chi connectivity index (χ3n) is 4.72. The van der Waals surface area contributed by atoms with Crippen LogP contribution in [0, 0.1) is 0 Å². The van der Waals surface area contributed by atoms with Gasteiger partial charge in [-0.2, -0.15) is 0 Å². The number of aliphatic hydroxyl groups excluding tert-OH is 2. The zero-order chi connectivity index (χ0) is 19.3. The van der Waals surface area contributed by atoms with E-state index < -0.39 is 24.5 Å². The molecule has 2 aromatic heterocycles. The summed E-state index contributed by atoms with van der Waals surface area (Å²) in [7, 11) is 0. The van der Waals surface area contributed by atoms with Crippen molar-refractivity contribution in [1.82, 2.24) is 19.5 Å². The van der Waals surface area contributed by atoms with E-state index >= 15 is 0 Å². The zero-order valence-corrected chi connectivity index (χ0v) is 16.1. The minimum atomic E-state index is -1.00. The highest BCUT2D eigenvalue weighted by molar-refractivity contribution is 8.19. The topological polar surface area (TPSA) is 129 Å². The van der Waals surface area contributed by atoms with Gasteiger partial charge in [0.15, 0.2) is 22.5 Å². The van der Waals surface area contributed by atoms with Gasteiger partial charge in [-0.15, -0.1) is 0 Å². The lowest BCUT2D eigenvalue weighted by Crippen LogP contribution is -2.36. The van der Waals surface area contributed by atoms with Crippen LogP contribution in [0.4, 0.5) is 5.82 Å². The number of aromatic nitrogens is 4. The summed E-state index contributed by atoms with van der Waals surface area (Å²) in [5, 5.41) is 20.3. The van der Waals surface area contributed by atoms with E-state index in [-0.39, 0.29) is 17.2 Å². The fourth-order valence-electron chi connectivity index (χ4n) is 3.36. The van der Waals surface area contributed by atoms with Gasteiger partial charge in [0.1, 0.15) is 30.2 Å². The molecule has 9 nitrogen and oxygen atoms in total. The standard InChI is InChI=1S/C17H17N5O4S2/c18-14-11-15(20-6-19-14)22(7-21-11)16-13(12(24)8(5-23)25-16)26-17-27-9-3-1-2-4-10(9)28-17/h1-4,6-8,12-13,16-17,23-24H,5H2,(H2,18,19,20)/t8-,12-,13-,16-/m1/s1. The lowest BCUT2D eigenvalue weighted by atomic mass is 10.1. The molecule has 1 aromatic carbocycles. The molecule has 2 aliphatic rings. The second-order valence-electron chi connectivity index (χ2n) is 6.39. The van der Waals surface area contributed by atoms with Crippen molar-refractivity contribution >= 4 is 40.5 Å². The Morgan fingerprint density at radius 3 is 2.64 bits per heavy atom. The van der Waals surface area contributed by atoms with Crippen LogP contribution in [0.5, 0.6) is 0 Å². The Bertz CT molecular complexity index is 993. The molecular formula is C17H17N5O4S2.